The maximum atomic E-state index is 11.4. The zero-order valence-corrected chi connectivity index (χ0v) is 20.9. The van der Waals surface area contributed by atoms with E-state index in [1.807, 2.05) is 79.7 Å². The highest BCUT2D eigenvalue weighted by Crippen LogP contribution is 2.44. The van der Waals surface area contributed by atoms with Gasteiger partial charge in [-0.1, -0.05) is 95.6 Å². The van der Waals surface area contributed by atoms with Crippen molar-refractivity contribution in [2.75, 3.05) is 0 Å². The first-order chi connectivity index (χ1) is 18.1. The highest BCUT2D eigenvalue weighted by Gasteiger charge is 2.23. The second kappa shape index (κ2) is 11.1. The van der Waals surface area contributed by atoms with E-state index in [1.54, 1.807) is 24.3 Å². The number of nitrogens with zero attached hydrogens (tertiary/aromatic N) is 1. The molecule has 0 saturated carbocycles. The van der Waals surface area contributed by atoms with Crippen LogP contribution in [0, 0.1) is 6.92 Å². The van der Waals surface area contributed by atoms with Gasteiger partial charge in [0.2, 0.25) is 0 Å². The first-order valence-electron chi connectivity index (χ1n) is 11.8. The molecule has 0 aliphatic heterocycles. The van der Waals surface area contributed by atoms with Crippen molar-refractivity contribution in [1.82, 2.24) is 5.16 Å². The molecule has 1 aromatic heterocycles. The summed E-state index contributed by atoms with van der Waals surface area (Å²) in [5, 5.41) is 4.64. The van der Waals surface area contributed by atoms with Gasteiger partial charge in [-0.15, -0.1) is 0 Å². The molecule has 0 radical (unpaired) electrons. The minimum Gasteiger partial charge on any atom is -0.488 e. The van der Waals surface area contributed by atoms with Crippen LogP contribution in [0.25, 0.3) is 22.5 Å². The van der Waals surface area contributed by atoms with Crippen molar-refractivity contribution in [3.05, 3.63) is 124 Å². The van der Waals surface area contributed by atoms with E-state index in [9.17, 15) is 4.79 Å². The second-order valence-corrected chi connectivity index (χ2v) is 8.95. The molecule has 0 fully saturated rings. The maximum absolute atomic E-state index is 11.4. The minimum absolute atomic E-state index is 0.344. The normalized spacial score (nSPS) is 10.8. The van der Waals surface area contributed by atoms with E-state index in [1.165, 1.54) is 0 Å². The van der Waals surface area contributed by atoms with E-state index in [0.29, 0.717) is 52.3 Å². The summed E-state index contributed by atoms with van der Waals surface area (Å²) >= 11 is 6.70. The Morgan fingerprint density at radius 1 is 0.811 bits per heavy atom. The van der Waals surface area contributed by atoms with E-state index < -0.39 is 0 Å². The average Bonchev–Trinajstić information content (AvgIpc) is 3.33. The number of rotatable bonds is 9. The molecule has 0 atom stereocenters. The molecule has 37 heavy (non-hydrogen) atoms. The van der Waals surface area contributed by atoms with Gasteiger partial charge in [-0.25, -0.2) is 0 Å². The molecular formula is C31H24ClNO4. The Morgan fingerprint density at radius 3 is 2.11 bits per heavy atom. The third kappa shape index (κ3) is 5.57. The van der Waals surface area contributed by atoms with Crippen LogP contribution in [0.15, 0.2) is 102 Å². The summed E-state index contributed by atoms with van der Waals surface area (Å²) in [6.45, 7) is 2.57. The summed E-state index contributed by atoms with van der Waals surface area (Å²) in [7, 11) is 0. The van der Waals surface area contributed by atoms with E-state index in [0.717, 1.165) is 28.5 Å². The fraction of sp³-hybridized carbons (Fsp3) is 0.0968. The van der Waals surface area contributed by atoms with Crippen LogP contribution in [-0.2, 0) is 13.2 Å². The van der Waals surface area contributed by atoms with E-state index >= 15 is 0 Å². The molecule has 0 aliphatic rings. The van der Waals surface area contributed by atoms with Crippen molar-refractivity contribution >= 4 is 17.9 Å². The SMILES string of the molecule is Cc1noc(-c2cc(Cl)c(OCc3ccccc3)cc2OCc2ccccc2)c1-c1cccc(C=O)c1. The van der Waals surface area contributed by atoms with Crippen molar-refractivity contribution in [1.29, 1.82) is 0 Å². The Morgan fingerprint density at radius 2 is 1.46 bits per heavy atom. The highest BCUT2D eigenvalue weighted by atomic mass is 35.5. The van der Waals surface area contributed by atoms with Gasteiger partial charge in [0.25, 0.3) is 0 Å². The fourth-order valence-corrected chi connectivity index (χ4v) is 4.29. The Kier molecular flexibility index (Phi) is 7.33. The molecule has 0 bridgehead atoms. The van der Waals surface area contributed by atoms with Gasteiger partial charge in [0.15, 0.2) is 5.76 Å². The maximum Gasteiger partial charge on any atom is 0.178 e. The van der Waals surface area contributed by atoms with Gasteiger partial charge in [-0.05, 0) is 35.7 Å². The second-order valence-electron chi connectivity index (χ2n) is 8.54. The zero-order valence-electron chi connectivity index (χ0n) is 20.2. The first kappa shape index (κ1) is 24.3. The molecule has 0 saturated heterocycles. The molecule has 0 aliphatic carbocycles. The largest absolute Gasteiger partial charge is 0.488 e. The number of carbonyl (C=O) groups excluding carboxylic acids is 1. The number of hydrogen-bond donors (Lipinski definition) is 0. The molecule has 0 unspecified atom stereocenters. The highest BCUT2D eigenvalue weighted by molar-refractivity contribution is 6.32. The Balaban J connectivity index is 1.56. The molecule has 1 heterocycles. The topological polar surface area (TPSA) is 61.6 Å². The molecule has 6 heteroatoms. The molecule has 5 rings (SSSR count). The van der Waals surface area contributed by atoms with Crippen molar-refractivity contribution < 1.29 is 18.8 Å². The number of halogens is 1. The summed E-state index contributed by atoms with van der Waals surface area (Å²) in [6.07, 6.45) is 0.816. The third-order valence-electron chi connectivity index (χ3n) is 5.93. The van der Waals surface area contributed by atoms with Crippen molar-refractivity contribution in [2.45, 2.75) is 20.1 Å². The lowest BCUT2D eigenvalue weighted by Gasteiger charge is -2.15. The van der Waals surface area contributed by atoms with Crippen molar-refractivity contribution in [3.8, 4) is 33.9 Å². The fourth-order valence-electron chi connectivity index (χ4n) is 4.07. The lowest BCUT2D eigenvalue weighted by molar-refractivity contribution is 0.112. The summed E-state index contributed by atoms with van der Waals surface area (Å²) in [5.41, 5.74) is 5.51. The van der Waals surface area contributed by atoms with Crippen LogP contribution >= 0.6 is 11.6 Å². The van der Waals surface area contributed by atoms with Crippen molar-refractivity contribution in [3.63, 3.8) is 0 Å². The van der Waals surface area contributed by atoms with Crippen LogP contribution in [0.4, 0.5) is 0 Å². The molecule has 184 valence electrons. The van der Waals surface area contributed by atoms with E-state index in [2.05, 4.69) is 5.16 Å². The lowest BCUT2D eigenvalue weighted by Crippen LogP contribution is -2.00. The standard InChI is InChI=1S/C31H24ClNO4/c1-21-30(25-14-8-13-24(15-25)18-34)31(37-33-21)26-16-27(32)29(36-20-23-11-6-3-7-12-23)17-28(26)35-19-22-9-4-2-5-10-22/h2-18H,19-20H2,1H3. The molecule has 5 nitrogen and oxygen atoms in total. The first-order valence-corrected chi connectivity index (χ1v) is 12.2. The predicted molar refractivity (Wildman–Crippen MR) is 144 cm³/mol. The van der Waals surface area contributed by atoms with Gasteiger partial charge in [0.1, 0.15) is 31.0 Å². The van der Waals surface area contributed by atoms with Crippen LogP contribution in [0.5, 0.6) is 11.5 Å². The van der Waals surface area contributed by atoms with Crippen LogP contribution in [0.1, 0.15) is 27.2 Å². The molecule has 0 spiro atoms. The smallest absolute Gasteiger partial charge is 0.178 e. The number of hydrogen-bond acceptors (Lipinski definition) is 5. The van der Waals surface area contributed by atoms with Crippen LogP contribution in [0.2, 0.25) is 5.02 Å². The summed E-state index contributed by atoms with van der Waals surface area (Å²) < 4.78 is 18.2. The number of benzene rings is 4. The number of aldehydes is 1. The monoisotopic (exact) mass is 509 g/mol. The summed E-state index contributed by atoms with van der Waals surface area (Å²) in [4.78, 5) is 11.4. The van der Waals surface area contributed by atoms with Crippen LogP contribution < -0.4 is 9.47 Å². The zero-order chi connectivity index (χ0) is 25.6. The van der Waals surface area contributed by atoms with Crippen LogP contribution in [-0.4, -0.2) is 11.4 Å². The van der Waals surface area contributed by atoms with Gasteiger partial charge < -0.3 is 14.0 Å². The predicted octanol–water partition coefficient (Wildman–Crippen LogP) is 7.94. The number of carbonyl (C=O) groups is 1. The third-order valence-corrected chi connectivity index (χ3v) is 6.22. The lowest BCUT2D eigenvalue weighted by atomic mass is 9.98. The number of aryl methyl sites for hydroxylation is 1. The van der Waals surface area contributed by atoms with Gasteiger partial charge in [0, 0.05) is 11.6 Å². The van der Waals surface area contributed by atoms with Crippen molar-refractivity contribution in [2.24, 2.45) is 0 Å². The molecule has 0 amide bonds. The quantitative estimate of drug-likeness (QED) is 0.189. The van der Waals surface area contributed by atoms with Gasteiger partial charge >= 0.3 is 0 Å². The van der Waals surface area contributed by atoms with Gasteiger partial charge in [-0.2, -0.15) is 0 Å². The Bertz CT molecular complexity index is 1510. The van der Waals surface area contributed by atoms with Gasteiger partial charge in [-0.3, -0.25) is 4.79 Å². The van der Waals surface area contributed by atoms with E-state index in [-0.39, 0.29) is 0 Å². The minimum atomic E-state index is 0.344. The number of aromatic nitrogens is 1. The molecule has 5 aromatic rings. The van der Waals surface area contributed by atoms with Gasteiger partial charge in [0.05, 0.1) is 21.8 Å². The number of ether oxygens (including phenoxy) is 2. The van der Waals surface area contributed by atoms with E-state index in [4.69, 9.17) is 25.6 Å². The van der Waals surface area contributed by atoms with Crippen LogP contribution in [0.3, 0.4) is 0 Å². The summed E-state index contributed by atoms with van der Waals surface area (Å²) in [5.74, 6) is 1.54. The molecule has 4 aromatic carbocycles. The molecule has 0 N–H and O–H groups in total. The average molecular weight is 510 g/mol. The summed E-state index contributed by atoms with van der Waals surface area (Å²) in [6, 6.07) is 30.6. The molecular weight excluding hydrogens is 486 g/mol. The Labute approximate surface area is 220 Å². The Hall–Kier alpha value is -4.35.